The molecular weight excluding hydrogens is 472 g/mol. The molecular formula is C26H23F2N3O5. The van der Waals surface area contributed by atoms with E-state index in [-0.39, 0.29) is 31.3 Å². The maximum absolute atomic E-state index is 15.1. The first kappa shape index (κ1) is 23.6. The summed E-state index contributed by atoms with van der Waals surface area (Å²) in [6, 6.07) is 11.2. The minimum Gasteiger partial charge on any atom is -0.502 e. The third kappa shape index (κ3) is 3.89. The lowest BCUT2D eigenvalue weighted by Crippen LogP contribution is -2.58. The second-order valence-electron chi connectivity index (χ2n) is 8.43. The van der Waals surface area contributed by atoms with Crippen molar-refractivity contribution in [2.24, 2.45) is 0 Å². The number of nitrogens with zero attached hydrogens (tertiary/aromatic N) is 3. The number of carbonyl (C=O) groups is 1. The molecule has 186 valence electrons. The fourth-order valence-corrected chi connectivity index (χ4v) is 4.64. The Morgan fingerprint density at radius 2 is 1.89 bits per heavy atom. The zero-order valence-corrected chi connectivity index (χ0v) is 19.3. The van der Waals surface area contributed by atoms with Crippen molar-refractivity contribution in [2.75, 3.05) is 32.0 Å². The molecule has 1 amide bonds. The number of ether oxygens (including phenoxy) is 2. The second-order valence-corrected chi connectivity index (χ2v) is 8.43. The van der Waals surface area contributed by atoms with E-state index in [4.69, 9.17) is 9.47 Å². The number of rotatable bonds is 3. The molecule has 2 bridgehead atoms. The van der Waals surface area contributed by atoms with E-state index < -0.39 is 40.8 Å². The lowest BCUT2D eigenvalue weighted by atomic mass is 9.96. The van der Waals surface area contributed by atoms with Gasteiger partial charge < -0.3 is 19.5 Å². The highest BCUT2D eigenvalue weighted by molar-refractivity contribution is 5.96. The molecule has 0 unspecified atom stereocenters. The molecule has 2 atom stereocenters. The molecule has 0 fully saturated rings. The van der Waals surface area contributed by atoms with Gasteiger partial charge in [-0.15, -0.1) is 0 Å². The van der Waals surface area contributed by atoms with Crippen LogP contribution >= 0.6 is 0 Å². The van der Waals surface area contributed by atoms with E-state index in [0.29, 0.717) is 11.1 Å². The molecule has 10 heteroatoms. The van der Waals surface area contributed by atoms with Crippen molar-refractivity contribution in [1.29, 1.82) is 0 Å². The lowest BCUT2D eigenvalue weighted by Gasteiger charge is -2.45. The minimum atomic E-state index is -1.14. The number of pyridine rings is 1. The molecule has 0 saturated carbocycles. The van der Waals surface area contributed by atoms with E-state index in [1.807, 2.05) is 18.2 Å². The fraction of sp³-hybridized carbons (Fsp3) is 0.231. The Bertz CT molecular complexity index is 1390. The zero-order chi connectivity index (χ0) is 25.4. The molecule has 3 heterocycles. The molecule has 36 heavy (non-hydrogen) atoms. The zero-order valence-electron chi connectivity index (χ0n) is 19.3. The molecule has 8 nitrogen and oxygen atoms in total. The highest BCUT2D eigenvalue weighted by atomic mass is 19.2. The first-order valence-electron chi connectivity index (χ1n) is 11.3. The van der Waals surface area contributed by atoms with Gasteiger partial charge in [0, 0.05) is 24.9 Å². The Balaban J connectivity index is 1.83. The molecule has 2 aliphatic heterocycles. The van der Waals surface area contributed by atoms with Crippen molar-refractivity contribution in [3.05, 3.63) is 106 Å². The van der Waals surface area contributed by atoms with E-state index >= 15 is 4.39 Å². The number of aromatic nitrogens is 1. The Morgan fingerprint density at radius 1 is 1.11 bits per heavy atom. The third-order valence-electron chi connectivity index (χ3n) is 6.30. The van der Waals surface area contributed by atoms with Gasteiger partial charge in [-0.25, -0.2) is 4.39 Å². The molecule has 3 aromatic rings. The average Bonchev–Trinajstić information content (AvgIpc) is 2.90. The standard InChI is InChI=1S/C26H23F2N3O5/c1-35-14-17-8-5-13-36-25-18(9-10-19(27)21(25)28)22(16-6-3-2-4-7-16)31-15-29(17)26(34)23-24(33)20(32)11-12-30(23)31/h2-12,17,22,33H,13-15H2,1H3/b8-5+/t17-,22+/m0/s1. The van der Waals surface area contributed by atoms with Crippen LogP contribution < -0.4 is 15.2 Å². The van der Waals surface area contributed by atoms with E-state index in [9.17, 15) is 19.1 Å². The summed E-state index contributed by atoms with van der Waals surface area (Å²) in [7, 11) is 1.48. The average molecular weight is 495 g/mol. The SMILES string of the molecule is COC[C@@H]1/C=C/COc2c(ccc(F)c2F)[C@@H](c2ccccc2)N2CN1C(=O)c1c(O)c(=O)ccn12. The van der Waals surface area contributed by atoms with Crippen molar-refractivity contribution < 1.29 is 28.2 Å². The first-order valence-corrected chi connectivity index (χ1v) is 11.3. The molecule has 2 aromatic carbocycles. The van der Waals surface area contributed by atoms with Crippen LogP contribution in [0.1, 0.15) is 27.7 Å². The van der Waals surface area contributed by atoms with Gasteiger partial charge in [-0.2, -0.15) is 4.39 Å². The highest BCUT2D eigenvalue weighted by Gasteiger charge is 2.40. The molecule has 0 spiro atoms. The summed E-state index contributed by atoms with van der Waals surface area (Å²) in [4.78, 5) is 27.3. The maximum atomic E-state index is 15.1. The molecule has 1 N–H and O–H groups in total. The van der Waals surface area contributed by atoms with Gasteiger partial charge in [0.05, 0.1) is 12.6 Å². The summed E-state index contributed by atoms with van der Waals surface area (Å²) in [6.45, 7) is -0.00245. The first-order chi connectivity index (χ1) is 17.4. The van der Waals surface area contributed by atoms with Crippen LogP contribution in [-0.2, 0) is 4.74 Å². The summed E-state index contributed by atoms with van der Waals surface area (Å²) >= 11 is 0. The van der Waals surface area contributed by atoms with Crippen molar-refractivity contribution in [2.45, 2.75) is 12.1 Å². The van der Waals surface area contributed by atoms with Crippen molar-refractivity contribution in [1.82, 2.24) is 9.58 Å². The molecule has 0 saturated heterocycles. The number of methoxy groups -OCH3 is 1. The van der Waals surface area contributed by atoms with Gasteiger partial charge in [-0.3, -0.25) is 19.3 Å². The molecule has 2 aliphatic rings. The van der Waals surface area contributed by atoms with Crippen LogP contribution in [0.15, 0.2) is 71.7 Å². The van der Waals surface area contributed by atoms with Crippen LogP contribution in [0.25, 0.3) is 0 Å². The van der Waals surface area contributed by atoms with Crippen LogP contribution in [0.2, 0.25) is 0 Å². The number of carbonyl (C=O) groups excluding carboxylic acids is 1. The Morgan fingerprint density at radius 3 is 2.64 bits per heavy atom. The largest absolute Gasteiger partial charge is 0.502 e. The van der Waals surface area contributed by atoms with Gasteiger partial charge in [-0.1, -0.05) is 36.4 Å². The van der Waals surface area contributed by atoms with Crippen molar-refractivity contribution in [3.8, 4) is 11.5 Å². The van der Waals surface area contributed by atoms with Crippen LogP contribution in [0.5, 0.6) is 11.5 Å². The highest BCUT2D eigenvalue weighted by Crippen LogP contribution is 2.39. The van der Waals surface area contributed by atoms with Gasteiger partial charge >= 0.3 is 0 Å². The Labute approximate surface area is 205 Å². The lowest BCUT2D eigenvalue weighted by molar-refractivity contribution is 0.0518. The topological polar surface area (TPSA) is 84.2 Å². The van der Waals surface area contributed by atoms with Crippen molar-refractivity contribution >= 4 is 5.91 Å². The van der Waals surface area contributed by atoms with Crippen LogP contribution in [-0.4, -0.2) is 53.6 Å². The normalized spacial score (nSPS) is 20.1. The number of hydrogen-bond acceptors (Lipinski definition) is 6. The second kappa shape index (κ2) is 9.46. The van der Waals surface area contributed by atoms with E-state index in [2.05, 4.69) is 0 Å². The predicted octanol–water partition coefficient (Wildman–Crippen LogP) is 2.94. The smallest absolute Gasteiger partial charge is 0.278 e. The molecule has 0 aliphatic carbocycles. The molecule has 1 aromatic heterocycles. The maximum Gasteiger partial charge on any atom is 0.278 e. The summed E-state index contributed by atoms with van der Waals surface area (Å²) in [6.07, 6.45) is 4.63. The van der Waals surface area contributed by atoms with Crippen LogP contribution in [0.3, 0.4) is 0 Å². The number of hydrogen-bond donors (Lipinski definition) is 1. The Hall–Kier alpha value is -4.18. The van der Waals surface area contributed by atoms with E-state index in [1.54, 1.807) is 29.3 Å². The summed E-state index contributed by atoms with van der Waals surface area (Å²) in [5.41, 5.74) is 0.0283. The number of aromatic hydroxyl groups is 1. The van der Waals surface area contributed by atoms with Gasteiger partial charge in [0.2, 0.25) is 11.2 Å². The quantitative estimate of drug-likeness (QED) is 0.563. The van der Waals surface area contributed by atoms with Gasteiger partial charge in [0.15, 0.2) is 23.0 Å². The van der Waals surface area contributed by atoms with Gasteiger partial charge in [-0.05, 0) is 23.8 Å². The van der Waals surface area contributed by atoms with Crippen LogP contribution in [0, 0.1) is 11.6 Å². The molecule has 0 radical (unpaired) electrons. The molecule has 5 rings (SSSR count). The number of halogens is 2. The van der Waals surface area contributed by atoms with Crippen molar-refractivity contribution in [3.63, 3.8) is 0 Å². The number of amides is 1. The Kier molecular flexibility index (Phi) is 6.19. The van der Waals surface area contributed by atoms with E-state index in [0.717, 1.165) is 12.1 Å². The monoisotopic (exact) mass is 495 g/mol. The summed E-state index contributed by atoms with van der Waals surface area (Å²) < 4.78 is 41.8. The number of fused-ring (bicyclic) bond motifs is 5. The van der Waals surface area contributed by atoms with Gasteiger partial charge in [0.1, 0.15) is 19.3 Å². The minimum absolute atomic E-state index is 0.0233. The van der Waals surface area contributed by atoms with Crippen LogP contribution in [0.4, 0.5) is 8.78 Å². The predicted molar refractivity (Wildman–Crippen MR) is 127 cm³/mol. The summed E-state index contributed by atoms with van der Waals surface area (Å²) in [5.74, 6) is -3.75. The van der Waals surface area contributed by atoms with E-state index in [1.165, 1.54) is 28.9 Å². The number of benzene rings is 2. The van der Waals surface area contributed by atoms with Gasteiger partial charge in [0.25, 0.3) is 5.91 Å². The summed E-state index contributed by atoms with van der Waals surface area (Å²) in [5, 5.41) is 12.4. The third-order valence-corrected chi connectivity index (χ3v) is 6.30. The fourth-order valence-electron chi connectivity index (χ4n) is 4.64.